The van der Waals surface area contributed by atoms with E-state index in [1.165, 1.54) is 36.8 Å². The van der Waals surface area contributed by atoms with Gasteiger partial charge in [-0.25, -0.2) is 18.4 Å². The third-order valence-corrected chi connectivity index (χ3v) is 5.55. The first-order valence-electron chi connectivity index (χ1n) is 11.1. The monoisotopic (exact) mass is 498 g/mol. The summed E-state index contributed by atoms with van der Waals surface area (Å²) in [4.78, 5) is 24.8. The van der Waals surface area contributed by atoms with E-state index < -0.39 is 47.9 Å². The van der Waals surface area contributed by atoms with Gasteiger partial charge in [0.05, 0.1) is 12.5 Å². The highest BCUT2D eigenvalue weighted by atomic mass is 19.1. The Bertz CT molecular complexity index is 1330. The molecule has 0 saturated heterocycles. The lowest BCUT2D eigenvalue weighted by Gasteiger charge is -2.22. The number of rotatable bonds is 8. The van der Waals surface area contributed by atoms with Gasteiger partial charge in [-0.15, -0.1) is 0 Å². The van der Waals surface area contributed by atoms with Crippen molar-refractivity contribution in [3.05, 3.63) is 83.8 Å². The molecule has 2 heterocycles. The van der Waals surface area contributed by atoms with Crippen LogP contribution in [-0.2, 0) is 19.1 Å². The number of hydrogen-bond acceptors (Lipinski definition) is 8. The summed E-state index contributed by atoms with van der Waals surface area (Å²) in [6.45, 7) is 3.08. The number of benzene rings is 2. The molecular formula is C26H24F2N2O6. The first kappa shape index (κ1) is 25.1. The molecule has 4 atom stereocenters. The smallest absolute Gasteiger partial charge is 0.331 e. The zero-order valence-electron chi connectivity index (χ0n) is 19.4. The summed E-state index contributed by atoms with van der Waals surface area (Å²) >= 11 is 0. The molecule has 10 heteroatoms. The number of carbonyl (C=O) groups excluding carboxylic acids is 2. The SMILES string of the molecule is CC(N)C(OC(=O)/C=C/C(=O)OC(c1cc2occc2cc1F)C(C)N)c1cc2occc2cc1F. The van der Waals surface area contributed by atoms with Gasteiger partial charge in [0.25, 0.3) is 0 Å². The standard InChI is InChI=1S/C26H24F2N2O6/c1-13(29)25(17-11-21-15(5-7-33-21)9-19(17)27)35-23(31)3-4-24(32)36-26(14(2)30)18-12-22-16(6-8-34-22)10-20(18)28/h3-14,25-26H,29-30H2,1-2H3/b4-3+. The van der Waals surface area contributed by atoms with Crippen LogP contribution in [-0.4, -0.2) is 24.0 Å². The second-order valence-electron chi connectivity index (χ2n) is 8.43. The topological polar surface area (TPSA) is 131 Å². The molecule has 0 fully saturated rings. The lowest BCUT2D eigenvalue weighted by atomic mass is 10.0. The van der Waals surface area contributed by atoms with E-state index in [0.717, 1.165) is 12.2 Å². The van der Waals surface area contributed by atoms with Crippen molar-refractivity contribution < 1.29 is 36.7 Å². The Balaban J connectivity index is 1.47. The number of esters is 2. The largest absolute Gasteiger partial charge is 0.464 e. The van der Waals surface area contributed by atoms with Crippen molar-refractivity contribution in [3.63, 3.8) is 0 Å². The second-order valence-corrected chi connectivity index (χ2v) is 8.43. The van der Waals surface area contributed by atoms with Crippen molar-refractivity contribution in [3.8, 4) is 0 Å². The first-order chi connectivity index (χ1) is 17.1. The van der Waals surface area contributed by atoms with Gasteiger partial charge < -0.3 is 29.8 Å². The van der Waals surface area contributed by atoms with Crippen LogP contribution in [0.4, 0.5) is 8.78 Å². The van der Waals surface area contributed by atoms with E-state index in [2.05, 4.69) is 0 Å². The molecule has 0 aliphatic carbocycles. The van der Waals surface area contributed by atoms with Gasteiger partial charge in [0.2, 0.25) is 0 Å². The van der Waals surface area contributed by atoms with Crippen molar-refractivity contribution in [2.24, 2.45) is 11.5 Å². The molecular weight excluding hydrogens is 474 g/mol. The van der Waals surface area contributed by atoms with Crippen LogP contribution in [0.25, 0.3) is 21.9 Å². The van der Waals surface area contributed by atoms with Crippen LogP contribution in [0.5, 0.6) is 0 Å². The van der Waals surface area contributed by atoms with Crippen LogP contribution in [0.3, 0.4) is 0 Å². The maximum absolute atomic E-state index is 14.6. The van der Waals surface area contributed by atoms with Crippen LogP contribution in [0.1, 0.15) is 37.2 Å². The average molecular weight is 498 g/mol. The number of hydrogen-bond donors (Lipinski definition) is 2. The molecule has 0 radical (unpaired) electrons. The fourth-order valence-electron chi connectivity index (χ4n) is 3.80. The summed E-state index contributed by atoms with van der Waals surface area (Å²) in [5, 5.41) is 1.08. The third kappa shape index (κ3) is 5.29. The van der Waals surface area contributed by atoms with E-state index >= 15 is 0 Å². The van der Waals surface area contributed by atoms with Crippen molar-refractivity contribution in [2.45, 2.75) is 38.1 Å². The average Bonchev–Trinajstić information content (AvgIpc) is 3.47. The molecule has 4 aromatic rings. The van der Waals surface area contributed by atoms with Crippen LogP contribution >= 0.6 is 0 Å². The Morgan fingerprint density at radius 1 is 0.778 bits per heavy atom. The van der Waals surface area contributed by atoms with Crippen molar-refractivity contribution in [1.82, 2.24) is 0 Å². The lowest BCUT2D eigenvalue weighted by Crippen LogP contribution is -2.30. The Morgan fingerprint density at radius 3 is 1.53 bits per heavy atom. The fourth-order valence-corrected chi connectivity index (χ4v) is 3.80. The van der Waals surface area contributed by atoms with Crippen molar-refractivity contribution in [1.29, 1.82) is 0 Å². The number of halogens is 2. The van der Waals surface area contributed by atoms with E-state index in [9.17, 15) is 18.4 Å². The normalized spacial score (nSPS) is 15.2. The van der Waals surface area contributed by atoms with Gasteiger partial charge in [-0.3, -0.25) is 0 Å². The van der Waals surface area contributed by atoms with Crippen LogP contribution < -0.4 is 11.5 Å². The van der Waals surface area contributed by atoms with E-state index in [1.807, 2.05) is 0 Å². The third-order valence-electron chi connectivity index (χ3n) is 5.55. The van der Waals surface area contributed by atoms with E-state index in [-0.39, 0.29) is 11.1 Å². The zero-order chi connectivity index (χ0) is 26.0. The minimum atomic E-state index is -1.15. The molecule has 0 bridgehead atoms. The molecule has 0 aliphatic rings. The number of ether oxygens (including phenoxy) is 2. The van der Waals surface area contributed by atoms with Crippen molar-refractivity contribution >= 4 is 33.9 Å². The van der Waals surface area contributed by atoms with E-state index in [4.69, 9.17) is 29.8 Å². The number of fused-ring (bicyclic) bond motifs is 2. The quantitative estimate of drug-likeness (QED) is 0.267. The molecule has 0 saturated carbocycles. The maximum atomic E-state index is 14.6. The van der Waals surface area contributed by atoms with Gasteiger partial charge in [-0.05, 0) is 50.2 Å². The molecule has 0 aliphatic heterocycles. The minimum Gasteiger partial charge on any atom is -0.464 e. The predicted molar refractivity (Wildman–Crippen MR) is 126 cm³/mol. The summed E-state index contributed by atoms with van der Waals surface area (Å²) in [7, 11) is 0. The summed E-state index contributed by atoms with van der Waals surface area (Å²) in [6.07, 6.45) is 2.13. The Hall–Kier alpha value is -4.02. The molecule has 188 valence electrons. The molecule has 0 spiro atoms. The molecule has 0 amide bonds. The maximum Gasteiger partial charge on any atom is 0.331 e. The highest BCUT2D eigenvalue weighted by Gasteiger charge is 2.26. The number of nitrogens with two attached hydrogens (primary N) is 2. The molecule has 4 unspecified atom stereocenters. The summed E-state index contributed by atoms with van der Waals surface area (Å²) < 4.78 is 50.5. The molecule has 8 nitrogen and oxygen atoms in total. The second kappa shape index (κ2) is 10.3. The fraction of sp³-hybridized carbons (Fsp3) is 0.231. The highest BCUT2D eigenvalue weighted by Crippen LogP contribution is 2.30. The molecule has 4 N–H and O–H groups in total. The first-order valence-corrected chi connectivity index (χ1v) is 11.1. The Labute approximate surface area is 204 Å². The highest BCUT2D eigenvalue weighted by molar-refractivity contribution is 5.92. The Kier molecular flexibility index (Phi) is 7.18. The summed E-state index contributed by atoms with van der Waals surface area (Å²) in [5.74, 6) is -3.18. The number of furan rings is 2. The lowest BCUT2D eigenvalue weighted by molar-refractivity contribution is -0.147. The van der Waals surface area contributed by atoms with Crippen LogP contribution in [0, 0.1) is 11.6 Å². The molecule has 2 aromatic carbocycles. The van der Waals surface area contributed by atoms with Crippen LogP contribution in [0.15, 0.2) is 69.9 Å². The van der Waals surface area contributed by atoms with Crippen molar-refractivity contribution in [2.75, 3.05) is 0 Å². The number of carbonyl (C=O) groups is 2. The van der Waals surface area contributed by atoms with Gasteiger partial charge in [-0.2, -0.15) is 0 Å². The predicted octanol–water partition coefficient (Wildman–Crippen LogP) is 4.58. The molecule has 36 heavy (non-hydrogen) atoms. The summed E-state index contributed by atoms with van der Waals surface area (Å²) in [5.41, 5.74) is 12.7. The van der Waals surface area contributed by atoms with E-state index in [1.54, 1.807) is 26.0 Å². The van der Waals surface area contributed by atoms with Crippen LogP contribution in [0.2, 0.25) is 0 Å². The van der Waals surface area contributed by atoms with Gasteiger partial charge in [0, 0.05) is 46.1 Å². The molecule has 2 aromatic heterocycles. The van der Waals surface area contributed by atoms with Gasteiger partial charge >= 0.3 is 11.9 Å². The zero-order valence-corrected chi connectivity index (χ0v) is 19.4. The molecule has 4 rings (SSSR count). The Morgan fingerprint density at radius 2 is 1.17 bits per heavy atom. The van der Waals surface area contributed by atoms with E-state index in [0.29, 0.717) is 21.9 Å². The minimum absolute atomic E-state index is 0.0255. The van der Waals surface area contributed by atoms with Gasteiger partial charge in [-0.1, -0.05) is 0 Å². The van der Waals surface area contributed by atoms with Gasteiger partial charge in [0.1, 0.15) is 35.0 Å². The van der Waals surface area contributed by atoms with Gasteiger partial charge in [0.15, 0.2) is 0 Å². The summed E-state index contributed by atoms with van der Waals surface area (Å²) in [6, 6.07) is 6.94.